The summed E-state index contributed by atoms with van der Waals surface area (Å²) in [6.07, 6.45) is 1.60. The van der Waals surface area contributed by atoms with Gasteiger partial charge in [0.1, 0.15) is 11.2 Å². The van der Waals surface area contributed by atoms with Gasteiger partial charge in [0.2, 0.25) is 5.91 Å². The molecule has 0 fully saturated rings. The Kier molecular flexibility index (Phi) is 8.49. The Hall–Kier alpha value is -2.92. The molecule has 0 bridgehead atoms. The van der Waals surface area contributed by atoms with Crippen LogP contribution in [0.15, 0.2) is 28.7 Å². The SMILES string of the molecule is CC(C)C(C)(N)C(=O)OCn1ccsc1=NC(=O)c1cc(F)c(NC(=O)CC(C)(C)C)c(F)c1. The summed E-state index contributed by atoms with van der Waals surface area (Å²) in [4.78, 5) is 40.9. The Bertz CT molecular complexity index is 1120. The van der Waals surface area contributed by atoms with Crippen LogP contribution in [0.2, 0.25) is 0 Å². The first-order valence-corrected chi connectivity index (χ1v) is 11.5. The average molecular weight is 497 g/mol. The molecule has 2 rings (SSSR count). The minimum absolute atomic E-state index is 0.0608. The minimum Gasteiger partial charge on any atom is -0.442 e. The second-order valence-electron chi connectivity index (χ2n) is 9.67. The lowest BCUT2D eigenvalue weighted by Gasteiger charge is -2.26. The maximum absolute atomic E-state index is 14.5. The molecule has 0 aliphatic heterocycles. The maximum Gasteiger partial charge on any atom is 0.327 e. The molecule has 0 aliphatic carbocycles. The van der Waals surface area contributed by atoms with Crippen molar-refractivity contribution in [2.45, 2.75) is 60.2 Å². The maximum atomic E-state index is 14.5. The summed E-state index contributed by atoms with van der Waals surface area (Å²) >= 11 is 1.07. The number of ether oxygens (including phenoxy) is 1. The van der Waals surface area contributed by atoms with Crippen LogP contribution in [0.5, 0.6) is 0 Å². The van der Waals surface area contributed by atoms with Gasteiger partial charge >= 0.3 is 5.97 Å². The fraction of sp³-hybridized carbons (Fsp3) is 0.478. The van der Waals surface area contributed by atoms with Crippen molar-refractivity contribution in [1.29, 1.82) is 0 Å². The summed E-state index contributed by atoms with van der Waals surface area (Å²) in [5.74, 6) is -4.42. The van der Waals surface area contributed by atoms with Crippen LogP contribution in [0.4, 0.5) is 14.5 Å². The van der Waals surface area contributed by atoms with Gasteiger partial charge in [0.25, 0.3) is 5.91 Å². The summed E-state index contributed by atoms with van der Waals surface area (Å²) in [5.41, 5.74) is 3.46. The first-order chi connectivity index (χ1) is 15.6. The second kappa shape index (κ2) is 10.6. The molecule has 0 radical (unpaired) electrons. The highest BCUT2D eigenvalue weighted by Gasteiger charge is 2.33. The number of carbonyl (C=O) groups excluding carboxylic acids is 3. The van der Waals surface area contributed by atoms with Crippen LogP contribution in [0.25, 0.3) is 0 Å². The fourth-order valence-electron chi connectivity index (χ4n) is 2.64. The predicted molar refractivity (Wildman–Crippen MR) is 125 cm³/mol. The van der Waals surface area contributed by atoms with Crippen LogP contribution in [-0.2, 0) is 21.1 Å². The van der Waals surface area contributed by atoms with Gasteiger partial charge in [0.15, 0.2) is 23.2 Å². The van der Waals surface area contributed by atoms with Gasteiger partial charge < -0.3 is 15.8 Å². The topological polar surface area (TPSA) is 116 Å². The largest absolute Gasteiger partial charge is 0.442 e. The molecule has 2 amide bonds. The molecular formula is C23H30F2N4O4S. The Morgan fingerprint density at radius 2 is 1.76 bits per heavy atom. The Morgan fingerprint density at radius 1 is 1.18 bits per heavy atom. The molecular weight excluding hydrogens is 466 g/mol. The number of nitrogens with two attached hydrogens (primary N) is 1. The van der Waals surface area contributed by atoms with Gasteiger partial charge in [-0.3, -0.25) is 14.2 Å². The lowest BCUT2D eigenvalue weighted by atomic mass is 9.90. The van der Waals surface area contributed by atoms with Crippen LogP contribution in [-0.4, -0.2) is 27.9 Å². The smallest absolute Gasteiger partial charge is 0.327 e. The van der Waals surface area contributed by atoms with E-state index < -0.39 is 40.6 Å². The monoisotopic (exact) mass is 496 g/mol. The number of nitrogens with one attached hydrogen (secondary N) is 1. The van der Waals surface area contributed by atoms with Crippen molar-refractivity contribution >= 4 is 34.8 Å². The Balaban J connectivity index is 2.20. The number of aromatic nitrogens is 1. The summed E-state index contributed by atoms with van der Waals surface area (Å²) in [5, 5.41) is 3.82. The third kappa shape index (κ3) is 7.04. The van der Waals surface area contributed by atoms with Crippen molar-refractivity contribution in [3.8, 4) is 0 Å². The third-order valence-corrected chi connectivity index (χ3v) is 5.87. The van der Waals surface area contributed by atoms with Crippen molar-refractivity contribution in [3.05, 3.63) is 45.7 Å². The van der Waals surface area contributed by atoms with E-state index >= 15 is 0 Å². The zero-order chi connectivity index (χ0) is 25.8. The van der Waals surface area contributed by atoms with Crippen molar-refractivity contribution < 1.29 is 27.9 Å². The Morgan fingerprint density at radius 3 is 2.29 bits per heavy atom. The van der Waals surface area contributed by atoms with E-state index in [-0.39, 0.29) is 34.8 Å². The van der Waals surface area contributed by atoms with Crippen molar-refractivity contribution in [3.63, 3.8) is 0 Å². The van der Waals surface area contributed by atoms with Gasteiger partial charge in [0.05, 0.1) is 0 Å². The number of amides is 2. The highest BCUT2D eigenvalue weighted by molar-refractivity contribution is 7.07. The molecule has 34 heavy (non-hydrogen) atoms. The number of hydrogen-bond donors (Lipinski definition) is 2. The van der Waals surface area contributed by atoms with Crippen molar-refractivity contribution in [2.75, 3.05) is 5.32 Å². The van der Waals surface area contributed by atoms with Gasteiger partial charge in [-0.25, -0.2) is 13.6 Å². The van der Waals surface area contributed by atoms with Crippen LogP contribution < -0.4 is 15.9 Å². The number of thiazole rings is 1. The van der Waals surface area contributed by atoms with E-state index in [9.17, 15) is 23.2 Å². The molecule has 0 saturated heterocycles. The number of nitrogens with zero attached hydrogens (tertiary/aromatic N) is 2. The lowest BCUT2D eigenvalue weighted by Crippen LogP contribution is -2.50. The summed E-state index contributed by atoms with van der Waals surface area (Å²) < 4.78 is 35.6. The first kappa shape index (κ1) is 27.3. The van der Waals surface area contributed by atoms with E-state index in [1.165, 1.54) is 4.57 Å². The standard InChI is InChI=1S/C23H30F2N4O4S/c1-13(2)23(6,26)20(32)33-12-29-7-8-34-21(29)28-19(31)14-9-15(24)18(16(25)10-14)27-17(30)11-22(3,4)5/h7-10,13H,11-12,26H2,1-6H3,(H,27,30). The summed E-state index contributed by atoms with van der Waals surface area (Å²) in [6.45, 7) is 10.4. The van der Waals surface area contributed by atoms with Gasteiger partial charge in [-0.1, -0.05) is 34.6 Å². The predicted octanol–water partition coefficient (Wildman–Crippen LogP) is 3.82. The van der Waals surface area contributed by atoms with Crippen LogP contribution in [0.1, 0.15) is 58.3 Å². The quantitative estimate of drug-likeness (QED) is 0.566. The molecule has 1 aromatic carbocycles. The number of rotatable bonds is 7. The molecule has 186 valence electrons. The molecule has 1 aromatic heterocycles. The zero-order valence-corrected chi connectivity index (χ0v) is 20.9. The molecule has 3 N–H and O–H groups in total. The molecule has 0 saturated carbocycles. The molecule has 1 unspecified atom stereocenters. The molecule has 1 heterocycles. The van der Waals surface area contributed by atoms with E-state index in [1.54, 1.807) is 32.3 Å². The van der Waals surface area contributed by atoms with Crippen LogP contribution in [0, 0.1) is 23.0 Å². The van der Waals surface area contributed by atoms with E-state index in [2.05, 4.69) is 10.3 Å². The average Bonchev–Trinajstić information content (AvgIpc) is 3.13. The van der Waals surface area contributed by atoms with Crippen molar-refractivity contribution in [2.24, 2.45) is 22.1 Å². The number of esters is 1. The van der Waals surface area contributed by atoms with Crippen molar-refractivity contribution in [1.82, 2.24) is 4.57 Å². The third-order valence-electron chi connectivity index (χ3n) is 5.08. The molecule has 0 aliphatic rings. The number of hydrogen-bond acceptors (Lipinski definition) is 6. The van der Waals surface area contributed by atoms with E-state index in [0.29, 0.717) is 0 Å². The number of anilines is 1. The number of carbonyl (C=O) groups is 3. The molecule has 11 heteroatoms. The number of benzene rings is 1. The normalized spacial score (nSPS) is 14.1. The van der Waals surface area contributed by atoms with E-state index in [4.69, 9.17) is 10.5 Å². The summed E-state index contributed by atoms with van der Waals surface area (Å²) in [6, 6.07) is 1.62. The highest BCUT2D eigenvalue weighted by Crippen LogP contribution is 2.24. The van der Waals surface area contributed by atoms with Crippen LogP contribution >= 0.6 is 11.3 Å². The molecule has 2 aromatic rings. The van der Waals surface area contributed by atoms with Gasteiger partial charge in [0, 0.05) is 23.6 Å². The van der Waals surface area contributed by atoms with Gasteiger partial charge in [-0.15, -0.1) is 11.3 Å². The van der Waals surface area contributed by atoms with E-state index in [0.717, 1.165) is 23.5 Å². The fourth-order valence-corrected chi connectivity index (χ4v) is 3.35. The second-order valence-corrected chi connectivity index (χ2v) is 10.5. The minimum atomic E-state index is -1.19. The molecule has 0 spiro atoms. The lowest BCUT2D eigenvalue weighted by molar-refractivity contribution is -0.155. The van der Waals surface area contributed by atoms with Crippen LogP contribution in [0.3, 0.4) is 0 Å². The number of halogens is 2. The van der Waals surface area contributed by atoms with Gasteiger partial charge in [-0.2, -0.15) is 4.99 Å². The molecule has 1 atom stereocenters. The molecule has 8 nitrogen and oxygen atoms in total. The Labute approximate surface area is 200 Å². The summed E-state index contributed by atoms with van der Waals surface area (Å²) in [7, 11) is 0. The van der Waals surface area contributed by atoms with Gasteiger partial charge in [-0.05, 0) is 30.4 Å². The van der Waals surface area contributed by atoms with E-state index in [1.807, 2.05) is 20.8 Å². The zero-order valence-electron chi connectivity index (χ0n) is 20.1. The first-order valence-electron chi connectivity index (χ1n) is 10.6. The highest BCUT2D eigenvalue weighted by atomic mass is 32.1.